The molecule has 0 saturated heterocycles. The Bertz CT molecular complexity index is 868. The van der Waals surface area contributed by atoms with E-state index >= 15 is 0 Å². The summed E-state index contributed by atoms with van der Waals surface area (Å²) in [5.41, 5.74) is 2.79. The normalized spacial score (nSPS) is 13.4. The summed E-state index contributed by atoms with van der Waals surface area (Å²) >= 11 is 0. The van der Waals surface area contributed by atoms with Crippen molar-refractivity contribution in [2.24, 2.45) is 0 Å². The summed E-state index contributed by atoms with van der Waals surface area (Å²) in [7, 11) is 5.56. The lowest BCUT2D eigenvalue weighted by molar-refractivity contribution is -0.122. The zero-order chi connectivity index (χ0) is 23.2. The second-order valence-corrected chi connectivity index (χ2v) is 9.02. The fraction of sp³-hybridized carbons (Fsp3) is 0.440. The van der Waals surface area contributed by atoms with Crippen molar-refractivity contribution in [3.05, 3.63) is 65.2 Å². The first-order valence-corrected chi connectivity index (χ1v) is 10.5. The van der Waals surface area contributed by atoms with Crippen LogP contribution in [0, 0.1) is 0 Å². The zero-order valence-corrected chi connectivity index (χ0v) is 19.7. The first kappa shape index (κ1) is 24.4. The molecule has 0 aromatic heterocycles. The highest BCUT2D eigenvalue weighted by Crippen LogP contribution is 2.22. The highest BCUT2D eigenvalue weighted by atomic mass is 16.5. The molecule has 0 aliphatic heterocycles. The number of benzene rings is 2. The molecule has 6 heteroatoms. The molecule has 2 rings (SSSR count). The van der Waals surface area contributed by atoms with Crippen LogP contribution < -0.4 is 15.4 Å². The van der Waals surface area contributed by atoms with Crippen LogP contribution >= 0.6 is 0 Å². The standard InChI is InChI=1S/C25H35N3O3/c1-17(27-24(30)19-8-12-20(13-9-19)25(2,3)4)23(29)26-16-22(28(5)6)18-10-14-21(31-7)15-11-18/h8-15,17,22H,16H2,1-7H3,(H,26,29)(H,27,30). The van der Waals surface area contributed by atoms with E-state index in [0.29, 0.717) is 12.1 Å². The molecule has 2 N–H and O–H groups in total. The topological polar surface area (TPSA) is 70.7 Å². The van der Waals surface area contributed by atoms with Gasteiger partial charge in [-0.1, -0.05) is 45.0 Å². The fourth-order valence-corrected chi connectivity index (χ4v) is 3.24. The molecule has 2 atom stereocenters. The summed E-state index contributed by atoms with van der Waals surface area (Å²) in [6.45, 7) is 8.50. The summed E-state index contributed by atoms with van der Waals surface area (Å²) in [5, 5.41) is 5.73. The molecule has 0 fully saturated rings. The average molecular weight is 426 g/mol. The van der Waals surface area contributed by atoms with Crippen LogP contribution in [0.15, 0.2) is 48.5 Å². The molecular weight excluding hydrogens is 390 g/mol. The first-order chi connectivity index (χ1) is 14.5. The van der Waals surface area contributed by atoms with Gasteiger partial charge >= 0.3 is 0 Å². The van der Waals surface area contributed by atoms with E-state index in [4.69, 9.17) is 4.74 Å². The molecular formula is C25H35N3O3. The predicted octanol–water partition coefficient (Wildman–Crippen LogP) is 3.53. The third-order valence-corrected chi connectivity index (χ3v) is 5.35. The SMILES string of the molecule is COc1ccc(C(CNC(=O)C(C)NC(=O)c2ccc(C(C)(C)C)cc2)N(C)C)cc1. The Balaban J connectivity index is 1.95. The Morgan fingerprint density at radius 2 is 1.58 bits per heavy atom. The minimum atomic E-state index is -0.645. The van der Waals surface area contributed by atoms with Crippen molar-refractivity contribution in [2.75, 3.05) is 27.7 Å². The van der Waals surface area contributed by atoms with Gasteiger partial charge in [-0.2, -0.15) is 0 Å². The van der Waals surface area contributed by atoms with Crippen LogP contribution in [0.25, 0.3) is 0 Å². The first-order valence-electron chi connectivity index (χ1n) is 10.5. The molecule has 0 radical (unpaired) electrons. The number of hydrogen-bond acceptors (Lipinski definition) is 4. The van der Waals surface area contributed by atoms with Crippen LogP contribution in [0.1, 0.15) is 55.2 Å². The van der Waals surface area contributed by atoms with Crippen LogP contribution in [0.5, 0.6) is 5.75 Å². The van der Waals surface area contributed by atoms with Crippen LogP contribution in [0.2, 0.25) is 0 Å². The van der Waals surface area contributed by atoms with E-state index in [9.17, 15) is 9.59 Å². The van der Waals surface area contributed by atoms with Gasteiger partial charge in [0.05, 0.1) is 13.2 Å². The van der Waals surface area contributed by atoms with Gasteiger partial charge in [0.25, 0.3) is 5.91 Å². The van der Waals surface area contributed by atoms with Crippen molar-refractivity contribution >= 4 is 11.8 Å². The van der Waals surface area contributed by atoms with Gasteiger partial charge in [-0.05, 0) is 61.8 Å². The summed E-state index contributed by atoms with van der Waals surface area (Å²) in [6.07, 6.45) is 0. The molecule has 6 nitrogen and oxygen atoms in total. The summed E-state index contributed by atoms with van der Waals surface area (Å²) < 4.78 is 5.21. The molecule has 0 spiro atoms. The Morgan fingerprint density at radius 3 is 2.06 bits per heavy atom. The lowest BCUT2D eigenvalue weighted by atomic mass is 9.86. The molecule has 31 heavy (non-hydrogen) atoms. The zero-order valence-electron chi connectivity index (χ0n) is 19.7. The van der Waals surface area contributed by atoms with E-state index in [1.165, 1.54) is 0 Å². The van der Waals surface area contributed by atoms with Gasteiger partial charge in [-0.3, -0.25) is 9.59 Å². The van der Waals surface area contributed by atoms with E-state index in [1.807, 2.05) is 55.4 Å². The van der Waals surface area contributed by atoms with Gasteiger partial charge in [0.2, 0.25) is 5.91 Å². The number of carbonyl (C=O) groups excluding carboxylic acids is 2. The largest absolute Gasteiger partial charge is 0.497 e. The molecule has 2 amide bonds. The highest BCUT2D eigenvalue weighted by molar-refractivity contribution is 5.97. The molecule has 0 heterocycles. The summed E-state index contributed by atoms with van der Waals surface area (Å²) in [4.78, 5) is 27.2. The Hall–Kier alpha value is -2.86. The molecule has 2 aromatic rings. The summed E-state index contributed by atoms with van der Waals surface area (Å²) in [6, 6.07) is 14.6. The quantitative estimate of drug-likeness (QED) is 0.679. The molecule has 2 aromatic carbocycles. The minimum absolute atomic E-state index is 0.00250. The van der Waals surface area contributed by atoms with Crippen molar-refractivity contribution in [3.8, 4) is 5.75 Å². The second kappa shape index (κ2) is 10.4. The number of rotatable bonds is 8. The Morgan fingerprint density at radius 1 is 1.00 bits per heavy atom. The van der Waals surface area contributed by atoms with E-state index in [-0.39, 0.29) is 23.3 Å². The van der Waals surface area contributed by atoms with Crippen LogP contribution in [0.3, 0.4) is 0 Å². The maximum Gasteiger partial charge on any atom is 0.251 e. The molecule has 0 aliphatic carbocycles. The van der Waals surface area contributed by atoms with E-state index < -0.39 is 6.04 Å². The van der Waals surface area contributed by atoms with E-state index in [0.717, 1.165) is 16.9 Å². The number of amides is 2. The molecule has 168 valence electrons. The monoisotopic (exact) mass is 425 g/mol. The van der Waals surface area contributed by atoms with Gasteiger partial charge < -0.3 is 20.3 Å². The highest BCUT2D eigenvalue weighted by Gasteiger charge is 2.20. The Kier molecular flexibility index (Phi) is 8.22. The Labute approximate surface area is 186 Å². The number of likely N-dealkylation sites (N-methyl/N-ethyl adjacent to an activating group) is 1. The van der Waals surface area contributed by atoms with Crippen molar-refractivity contribution in [1.82, 2.24) is 15.5 Å². The van der Waals surface area contributed by atoms with Gasteiger partial charge in [0, 0.05) is 12.1 Å². The van der Waals surface area contributed by atoms with Gasteiger partial charge in [0.15, 0.2) is 0 Å². The average Bonchev–Trinajstić information content (AvgIpc) is 2.73. The van der Waals surface area contributed by atoms with Gasteiger partial charge in [-0.25, -0.2) is 0 Å². The second-order valence-electron chi connectivity index (χ2n) is 9.02. The summed E-state index contributed by atoms with van der Waals surface area (Å²) in [5.74, 6) is 0.305. The number of carbonyl (C=O) groups is 2. The third kappa shape index (κ3) is 6.82. The maximum absolute atomic E-state index is 12.6. The van der Waals surface area contributed by atoms with E-state index in [2.05, 4.69) is 31.4 Å². The van der Waals surface area contributed by atoms with Crippen molar-refractivity contribution in [1.29, 1.82) is 0 Å². The van der Waals surface area contributed by atoms with Crippen LogP contribution in [0.4, 0.5) is 0 Å². The number of nitrogens with zero attached hydrogens (tertiary/aromatic N) is 1. The van der Waals surface area contributed by atoms with Gasteiger partial charge in [0.1, 0.15) is 11.8 Å². The molecule has 0 aliphatic rings. The molecule has 2 unspecified atom stereocenters. The molecule has 0 bridgehead atoms. The van der Waals surface area contributed by atoms with Crippen LogP contribution in [-0.4, -0.2) is 50.5 Å². The lowest BCUT2D eigenvalue weighted by Crippen LogP contribution is -2.46. The number of nitrogens with one attached hydrogen (secondary N) is 2. The predicted molar refractivity (Wildman–Crippen MR) is 125 cm³/mol. The van der Waals surface area contributed by atoms with Crippen molar-refractivity contribution < 1.29 is 14.3 Å². The van der Waals surface area contributed by atoms with E-state index in [1.54, 1.807) is 26.2 Å². The fourth-order valence-electron chi connectivity index (χ4n) is 3.24. The van der Waals surface area contributed by atoms with Crippen molar-refractivity contribution in [3.63, 3.8) is 0 Å². The number of hydrogen-bond donors (Lipinski definition) is 2. The molecule has 0 saturated carbocycles. The smallest absolute Gasteiger partial charge is 0.251 e. The minimum Gasteiger partial charge on any atom is -0.497 e. The number of methoxy groups -OCH3 is 1. The maximum atomic E-state index is 12.6. The van der Waals surface area contributed by atoms with Crippen LogP contribution in [-0.2, 0) is 10.2 Å². The van der Waals surface area contributed by atoms with Crippen molar-refractivity contribution in [2.45, 2.75) is 45.2 Å². The van der Waals surface area contributed by atoms with Gasteiger partial charge in [-0.15, -0.1) is 0 Å². The number of ether oxygens (including phenoxy) is 1. The third-order valence-electron chi connectivity index (χ3n) is 5.35. The lowest BCUT2D eigenvalue weighted by Gasteiger charge is -2.26.